The highest BCUT2D eigenvalue weighted by molar-refractivity contribution is 7.88. The molecule has 0 unspecified atom stereocenters. The Morgan fingerprint density at radius 3 is 2.24 bits per heavy atom. The Hall–Kier alpha value is -1.27. The Kier molecular flexibility index (Phi) is 4.77. The molecule has 0 aliphatic heterocycles. The molecule has 0 bridgehead atoms. The van der Waals surface area contributed by atoms with Crippen molar-refractivity contribution < 1.29 is 17.9 Å². The number of nitrogens with two attached hydrogens (primary N) is 1. The van der Waals surface area contributed by atoms with Gasteiger partial charge in [0.1, 0.15) is 0 Å². The first-order chi connectivity index (χ1) is 7.96. The van der Waals surface area contributed by atoms with Gasteiger partial charge in [0.25, 0.3) is 0 Å². The van der Waals surface area contributed by atoms with Crippen molar-refractivity contribution in [3.8, 4) is 11.5 Å². The first-order valence-corrected chi connectivity index (χ1v) is 7.06. The van der Waals surface area contributed by atoms with Gasteiger partial charge >= 0.3 is 0 Å². The van der Waals surface area contributed by atoms with E-state index in [4.69, 9.17) is 14.6 Å². The minimum Gasteiger partial charge on any atom is -0.490 e. The largest absolute Gasteiger partial charge is 0.490 e. The standard InChI is InChI=1S/C11H17NO4S/c1-3-15-10-6-5-9(8-17(12,13)14)7-11(10)16-4-2/h5-7H,3-4,8H2,1-2H3,(H2,12,13,14). The minimum absolute atomic E-state index is 0.209. The van der Waals surface area contributed by atoms with E-state index in [2.05, 4.69) is 0 Å². The van der Waals surface area contributed by atoms with Gasteiger partial charge in [-0.3, -0.25) is 0 Å². The average molecular weight is 259 g/mol. The summed E-state index contributed by atoms with van der Waals surface area (Å²) in [5, 5.41) is 4.99. The number of hydrogen-bond acceptors (Lipinski definition) is 4. The zero-order valence-electron chi connectivity index (χ0n) is 9.97. The molecule has 0 aromatic heterocycles. The van der Waals surface area contributed by atoms with Crippen molar-refractivity contribution >= 4 is 10.0 Å². The van der Waals surface area contributed by atoms with Gasteiger partial charge in [-0.25, -0.2) is 13.6 Å². The number of rotatable bonds is 6. The maximum atomic E-state index is 11.0. The van der Waals surface area contributed by atoms with Crippen molar-refractivity contribution in [3.05, 3.63) is 23.8 Å². The van der Waals surface area contributed by atoms with Crippen LogP contribution >= 0.6 is 0 Å². The van der Waals surface area contributed by atoms with E-state index in [9.17, 15) is 8.42 Å². The second kappa shape index (κ2) is 5.88. The molecule has 0 atom stereocenters. The molecular formula is C11H17NO4S. The summed E-state index contributed by atoms with van der Waals surface area (Å²) in [5.74, 6) is 0.933. The predicted molar refractivity (Wildman–Crippen MR) is 65.6 cm³/mol. The van der Waals surface area contributed by atoms with Crippen molar-refractivity contribution in [2.75, 3.05) is 13.2 Å². The smallest absolute Gasteiger partial charge is 0.213 e. The van der Waals surface area contributed by atoms with Crippen molar-refractivity contribution in [2.45, 2.75) is 19.6 Å². The Labute approximate surface area is 102 Å². The molecule has 5 nitrogen and oxygen atoms in total. The fourth-order valence-electron chi connectivity index (χ4n) is 1.42. The van der Waals surface area contributed by atoms with E-state index >= 15 is 0 Å². The highest BCUT2D eigenvalue weighted by Gasteiger charge is 2.10. The Morgan fingerprint density at radius 1 is 1.12 bits per heavy atom. The maximum Gasteiger partial charge on any atom is 0.213 e. The van der Waals surface area contributed by atoms with Crippen molar-refractivity contribution in [3.63, 3.8) is 0 Å². The quantitative estimate of drug-likeness (QED) is 0.834. The van der Waals surface area contributed by atoms with Crippen LogP contribution in [0.4, 0.5) is 0 Å². The number of sulfonamides is 1. The molecule has 0 fully saturated rings. The van der Waals surface area contributed by atoms with Gasteiger partial charge in [0.2, 0.25) is 10.0 Å². The molecule has 1 aromatic rings. The monoisotopic (exact) mass is 259 g/mol. The van der Waals surface area contributed by atoms with Crippen LogP contribution in [0.15, 0.2) is 18.2 Å². The summed E-state index contributed by atoms with van der Waals surface area (Å²) in [7, 11) is -3.53. The summed E-state index contributed by atoms with van der Waals surface area (Å²) in [6.45, 7) is 4.73. The zero-order chi connectivity index (χ0) is 12.9. The van der Waals surface area contributed by atoms with Gasteiger partial charge < -0.3 is 9.47 Å². The van der Waals surface area contributed by atoms with Crippen LogP contribution < -0.4 is 14.6 Å². The maximum absolute atomic E-state index is 11.0. The molecule has 0 aliphatic carbocycles. The number of benzene rings is 1. The first-order valence-electron chi connectivity index (χ1n) is 5.35. The summed E-state index contributed by atoms with van der Waals surface area (Å²) >= 11 is 0. The summed E-state index contributed by atoms with van der Waals surface area (Å²) < 4.78 is 32.7. The highest BCUT2D eigenvalue weighted by Crippen LogP contribution is 2.28. The first kappa shape index (κ1) is 13.8. The molecule has 0 heterocycles. The molecule has 0 amide bonds. The molecule has 6 heteroatoms. The third-order valence-corrected chi connectivity index (χ3v) is 2.71. The topological polar surface area (TPSA) is 78.6 Å². The summed E-state index contributed by atoms with van der Waals surface area (Å²) in [5.41, 5.74) is 0.583. The Morgan fingerprint density at radius 2 is 1.71 bits per heavy atom. The highest BCUT2D eigenvalue weighted by atomic mass is 32.2. The number of hydrogen-bond donors (Lipinski definition) is 1. The van der Waals surface area contributed by atoms with E-state index in [0.29, 0.717) is 30.3 Å². The number of ether oxygens (including phenoxy) is 2. The van der Waals surface area contributed by atoms with E-state index in [1.165, 1.54) is 0 Å². The molecule has 0 spiro atoms. The summed E-state index contributed by atoms with van der Waals surface area (Å²) in [6.07, 6.45) is 0. The molecule has 1 rings (SSSR count). The Bertz CT molecular complexity index is 470. The second-order valence-corrected chi connectivity index (χ2v) is 5.07. The van der Waals surface area contributed by atoms with Crippen LogP contribution in [0.2, 0.25) is 0 Å². The average Bonchev–Trinajstić information content (AvgIpc) is 2.20. The van der Waals surface area contributed by atoms with E-state index in [1.54, 1.807) is 18.2 Å². The van der Waals surface area contributed by atoms with Gasteiger partial charge in [-0.1, -0.05) is 6.07 Å². The molecule has 1 aromatic carbocycles. The van der Waals surface area contributed by atoms with Crippen LogP contribution in [-0.2, 0) is 15.8 Å². The Balaban J connectivity index is 3.00. The van der Waals surface area contributed by atoms with E-state index in [1.807, 2.05) is 13.8 Å². The third kappa shape index (κ3) is 4.62. The van der Waals surface area contributed by atoms with Crippen LogP contribution in [0.25, 0.3) is 0 Å². The van der Waals surface area contributed by atoms with Gasteiger partial charge in [0.15, 0.2) is 11.5 Å². The molecule has 0 saturated carbocycles. The number of primary sulfonamides is 1. The van der Waals surface area contributed by atoms with E-state index in [-0.39, 0.29) is 5.75 Å². The molecule has 17 heavy (non-hydrogen) atoms. The van der Waals surface area contributed by atoms with Crippen LogP contribution in [0.5, 0.6) is 11.5 Å². The van der Waals surface area contributed by atoms with Crippen molar-refractivity contribution in [1.29, 1.82) is 0 Å². The van der Waals surface area contributed by atoms with Gasteiger partial charge in [-0.05, 0) is 31.5 Å². The molecule has 0 aliphatic rings. The molecule has 96 valence electrons. The van der Waals surface area contributed by atoms with E-state index < -0.39 is 10.0 Å². The van der Waals surface area contributed by atoms with Gasteiger partial charge in [-0.2, -0.15) is 0 Å². The van der Waals surface area contributed by atoms with Crippen LogP contribution in [-0.4, -0.2) is 21.6 Å². The summed E-state index contributed by atoms with van der Waals surface area (Å²) in [4.78, 5) is 0. The van der Waals surface area contributed by atoms with Gasteiger partial charge in [-0.15, -0.1) is 0 Å². The molecule has 0 saturated heterocycles. The van der Waals surface area contributed by atoms with Crippen LogP contribution in [0.3, 0.4) is 0 Å². The summed E-state index contributed by atoms with van der Waals surface area (Å²) in [6, 6.07) is 4.99. The van der Waals surface area contributed by atoms with Crippen molar-refractivity contribution in [1.82, 2.24) is 0 Å². The minimum atomic E-state index is -3.53. The fourth-order valence-corrected chi connectivity index (χ4v) is 2.06. The molecule has 0 radical (unpaired) electrons. The lowest BCUT2D eigenvalue weighted by atomic mass is 10.2. The van der Waals surface area contributed by atoms with Crippen LogP contribution in [0, 0.1) is 0 Å². The fraction of sp³-hybridized carbons (Fsp3) is 0.455. The zero-order valence-corrected chi connectivity index (χ0v) is 10.8. The van der Waals surface area contributed by atoms with Gasteiger partial charge in [0, 0.05) is 0 Å². The lowest BCUT2D eigenvalue weighted by molar-refractivity contribution is 0.287. The molecule has 2 N–H and O–H groups in total. The third-order valence-electron chi connectivity index (χ3n) is 1.98. The van der Waals surface area contributed by atoms with Gasteiger partial charge in [0.05, 0.1) is 19.0 Å². The lowest BCUT2D eigenvalue weighted by Crippen LogP contribution is -2.14. The second-order valence-electron chi connectivity index (χ2n) is 3.45. The SMILES string of the molecule is CCOc1ccc(CS(N)(=O)=O)cc1OCC. The normalized spacial score (nSPS) is 11.2. The molecular weight excluding hydrogens is 242 g/mol. The lowest BCUT2D eigenvalue weighted by Gasteiger charge is -2.11. The van der Waals surface area contributed by atoms with Crippen molar-refractivity contribution in [2.24, 2.45) is 5.14 Å². The van der Waals surface area contributed by atoms with E-state index in [0.717, 1.165) is 0 Å². The predicted octanol–water partition coefficient (Wildman–Crippen LogP) is 1.27. The van der Waals surface area contributed by atoms with Crippen LogP contribution in [0.1, 0.15) is 19.4 Å².